The quantitative estimate of drug-likeness (QED) is 0.687. The van der Waals surface area contributed by atoms with Crippen molar-refractivity contribution >= 4 is 23.4 Å². The first kappa shape index (κ1) is 13.4. The molecule has 3 N–H and O–H groups in total. The molecule has 0 radical (unpaired) electrons. The van der Waals surface area contributed by atoms with E-state index in [1.54, 1.807) is 11.8 Å². The average Bonchev–Trinajstić information content (AvgIpc) is 2.68. The minimum atomic E-state index is -0.225. The summed E-state index contributed by atoms with van der Waals surface area (Å²) in [5.74, 6) is 0.687. The first-order valence-electron chi connectivity index (χ1n) is 6.18. The van der Waals surface area contributed by atoms with Crippen LogP contribution in [-0.2, 0) is 4.79 Å². The minimum Gasteiger partial charge on any atom is -0.396 e. The Morgan fingerprint density at radius 2 is 2.33 bits per heavy atom. The van der Waals surface area contributed by atoms with Gasteiger partial charge in [-0.15, -0.1) is 11.8 Å². The van der Waals surface area contributed by atoms with Gasteiger partial charge in [-0.1, -0.05) is 13.0 Å². The maximum atomic E-state index is 11.8. The van der Waals surface area contributed by atoms with Gasteiger partial charge >= 0.3 is 0 Å². The third-order valence-electron chi connectivity index (χ3n) is 2.81. The number of benzene rings is 1. The van der Waals surface area contributed by atoms with Crippen molar-refractivity contribution in [2.24, 2.45) is 0 Å². The zero-order valence-electron chi connectivity index (χ0n) is 10.4. The van der Waals surface area contributed by atoms with Gasteiger partial charge in [-0.3, -0.25) is 4.79 Å². The van der Waals surface area contributed by atoms with E-state index >= 15 is 0 Å². The second-order valence-electron chi connectivity index (χ2n) is 4.20. The van der Waals surface area contributed by atoms with Gasteiger partial charge < -0.3 is 15.7 Å². The molecule has 1 aliphatic heterocycles. The number of thioether (sulfide) groups is 1. The smallest absolute Gasteiger partial charge is 0.246 e. The summed E-state index contributed by atoms with van der Waals surface area (Å²) in [5.41, 5.74) is 1.90. The van der Waals surface area contributed by atoms with Crippen LogP contribution >= 0.6 is 11.8 Å². The van der Waals surface area contributed by atoms with Gasteiger partial charge in [0.25, 0.3) is 0 Å². The summed E-state index contributed by atoms with van der Waals surface area (Å²) in [4.78, 5) is 12.9. The van der Waals surface area contributed by atoms with Crippen molar-refractivity contribution < 1.29 is 9.90 Å². The van der Waals surface area contributed by atoms with Crippen molar-refractivity contribution in [3.63, 3.8) is 0 Å². The Hall–Kier alpha value is -1.04. The number of aliphatic hydroxyl groups excluding tert-OH is 1. The lowest BCUT2D eigenvalue weighted by Crippen LogP contribution is -2.27. The molecule has 5 heteroatoms. The lowest BCUT2D eigenvalue weighted by Gasteiger charge is -2.10. The van der Waals surface area contributed by atoms with Crippen molar-refractivity contribution in [1.29, 1.82) is 0 Å². The van der Waals surface area contributed by atoms with Crippen LogP contribution in [0.1, 0.15) is 24.9 Å². The number of fused-ring (bicyclic) bond motifs is 1. The van der Waals surface area contributed by atoms with E-state index in [2.05, 4.69) is 17.6 Å². The van der Waals surface area contributed by atoms with Crippen molar-refractivity contribution in [3.8, 4) is 0 Å². The molecule has 18 heavy (non-hydrogen) atoms. The number of aliphatic hydroxyl groups is 1. The lowest BCUT2D eigenvalue weighted by molar-refractivity contribution is -0.117. The number of hydrogen-bond donors (Lipinski definition) is 3. The molecule has 0 spiro atoms. The Bertz CT molecular complexity index is 437. The van der Waals surface area contributed by atoms with Crippen LogP contribution in [0, 0.1) is 0 Å². The molecule has 98 valence electrons. The van der Waals surface area contributed by atoms with Crippen LogP contribution in [-0.4, -0.2) is 29.9 Å². The Morgan fingerprint density at radius 3 is 3.06 bits per heavy atom. The molecule has 1 aromatic rings. The largest absolute Gasteiger partial charge is 0.396 e. The van der Waals surface area contributed by atoms with Gasteiger partial charge in [-0.25, -0.2) is 0 Å². The highest BCUT2D eigenvalue weighted by molar-refractivity contribution is 7.99. The molecule has 1 heterocycles. The maximum absolute atomic E-state index is 11.8. The van der Waals surface area contributed by atoms with E-state index in [1.807, 2.05) is 18.2 Å². The number of hydrogen-bond acceptors (Lipinski definition) is 4. The van der Waals surface area contributed by atoms with Crippen LogP contribution in [0.2, 0.25) is 0 Å². The molecule has 1 amide bonds. The van der Waals surface area contributed by atoms with E-state index in [4.69, 9.17) is 5.11 Å². The Morgan fingerprint density at radius 1 is 1.50 bits per heavy atom. The van der Waals surface area contributed by atoms with Crippen LogP contribution in [0.15, 0.2) is 23.1 Å². The zero-order chi connectivity index (χ0) is 13.0. The normalized spacial score (nSPS) is 17.7. The van der Waals surface area contributed by atoms with Crippen LogP contribution in [0.3, 0.4) is 0 Å². The molecular formula is C13H18N2O2S. The van der Waals surface area contributed by atoms with Gasteiger partial charge in [0.05, 0.1) is 6.61 Å². The number of rotatable bonds is 6. The highest BCUT2D eigenvalue weighted by atomic mass is 32.2. The van der Waals surface area contributed by atoms with Crippen LogP contribution in [0.4, 0.5) is 5.69 Å². The predicted octanol–water partition coefficient (Wildman–Crippen LogP) is 1.76. The number of carbonyl (C=O) groups excluding carboxylic acids is 1. The molecule has 0 aliphatic carbocycles. The van der Waals surface area contributed by atoms with E-state index in [9.17, 15) is 4.79 Å². The van der Waals surface area contributed by atoms with Gasteiger partial charge in [-0.2, -0.15) is 0 Å². The first-order chi connectivity index (χ1) is 8.76. The molecule has 0 bridgehead atoms. The summed E-state index contributed by atoms with van der Waals surface area (Å²) in [6.45, 7) is 3.07. The highest BCUT2D eigenvalue weighted by Crippen LogP contribution is 2.34. The maximum Gasteiger partial charge on any atom is 0.246 e. The second kappa shape index (κ2) is 6.22. The van der Waals surface area contributed by atoms with E-state index in [1.165, 1.54) is 0 Å². The fourth-order valence-electron chi connectivity index (χ4n) is 1.99. The minimum absolute atomic E-state index is 0.0164. The van der Waals surface area contributed by atoms with Gasteiger partial charge in [0, 0.05) is 21.9 Å². The zero-order valence-corrected chi connectivity index (χ0v) is 11.2. The predicted molar refractivity (Wildman–Crippen MR) is 73.9 cm³/mol. The Labute approximate surface area is 111 Å². The Kier molecular flexibility index (Phi) is 4.63. The van der Waals surface area contributed by atoms with Gasteiger partial charge in [0.1, 0.15) is 6.04 Å². The number of anilines is 1. The van der Waals surface area contributed by atoms with Crippen LogP contribution in [0.5, 0.6) is 0 Å². The summed E-state index contributed by atoms with van der Waals surface area (Å²) in [7, 11) is 0. The molecule has 0 aromatic heterocycles. The number of amides is 1. The summed E-state index contributed by atoms with van der Waals surface area (Å²) < 4.78 is 0. The summed E-state index contributed by atoms with van der Waals surface area (Å²) >= 11 is 1.59. The van der Waals surface area contributed by atoms with Gasteiger partial charge in [0.2, 0.25) is 5.91 Å². The van der Waals surface area contributed by atoms with Gasteiger partial charge in [-0.05, 0) is 25.1 Å². The molecule has 1 unspecified atom stereocenters. The fourth-order valence-corrected chi connectivity index (χ4v) is 2.68. The van der Waals surface area contributed by atoms with E-state index in [0.29, 0.717) is 5.75 Å². The third kappa shape index (κ3) is 2.85. The average molecular weight is 266 g/mol. The molecular weight excluding hydrogens is 248 g/mol. The summed E-state index contributed by atoms with van der Waals surface area (Å²) in [5, 5.41) is 14.9. The molecule has 0 saturated heterocycles. The topological polar surface area (TPSA) is 61.4 Å². The van der Waals surface area contributed by atoms with E-state index < -0.39 is 0 Å². The molecule has 2 rings (SSSR count). The van der Waals surface area contributed by atoms with E-state index in [-0.39, 0.29) is 18.6 Å². The van der Waals surface area contributed by atoms with Crippen molar-refractivity contribution in [2.45, 2.75) is 24.3 Å². The van der Waals surface area contributed by atoms with Crippen molar-refractivity contribution in [1.82, 2.24) is 5.32 Å². The monoisotopic (exact) mass is 266 g/mol. The summed E-state index contributed by atoms with van der Waals surface area (Å²) in [6, 6.07) is 5.73. The third-order valence-corrected chi connectivity index (χ3v) is 3.79. The number of carbonyl (C=O) groups is 1. The Balaban J connectivity index is 2.13. The van der Waals surface area contributed by atoms with E-state index in [0.717, 1.165) is 29.1 Å². The molecule has 1 atom stereocenters. The molecule has 1 aliphatic rings. The molecule has 1 aromatic carbocycles. The molecule has 4 nitrogen and oxygen atoms in total. The van der Waals surface area contributed by atoms with Gasteiger partial charge in [0.15, 0.2) is 0 Å². The fraction of sp³-hybridized carbons (Fsp3) is 0.462. The highest BCUT2D eigenvalue weighted by Gasteiger charge is 2.29. The molecule has 0 saturated carbocycles. The van der Waals surface area contributed by atoms with Crippen molar-refractivity contribution in [2.75, 3.05) is 24.2 Å². The van der Waals surface area contributed by atoms with Crippen LogP contribution in [0.25, 0.3) is 0 Å². The number of nitrogens with one attached hydrogen (secondary N) is 2. The van der Waals surface area contributed by atoms with Crippen molar-refractivity contribution in [3.05, 3.63) is 23.8 Å². The van der Waals surface area contributed by atoms with Crippen LogP contribution < -0.4 is 10.6 Å². The lowest BCUT2D eigenvalue weighted by atomic mass is 10.1. The summed E-state index contributed by atoms with van der Waals surface area (Å²) in [6.07, 6.45) is 1.00. The molecule has 0 fully saturated rings. The SMILES string of the molecule is CCCNC1C(=O)Nc2cc(SCCO)ccc21. The standard InChI is InChI=1S/C13H18N2O2S/c1-2-5-14-12-10-4-3-9(18-7-6-16)8-11(10)15-13(12)17/h3-4,8,12,14,16H,2,5-7H2,1H3,(H,15,17). The first-order valence-corrected chi connectivity index (χ1v) is 7.16. The second-order valence-corrected chi connectivity index (χ2v) is 5.37.